The zero-order valence-corrected chi connectivity index (χ0v) is 7.12. The van der Waals surface area contributed by atoms with E-state index in [1.807, 2.05) is 6.07 Å². The summed E-state index contributed by atoms with van der Waals surface area (Å²) in [6, 6.07) is 3.64. The molecule has 14 heavy (non-hydrogen) atoms. The van der Waals surface area contributed by atoms with Crippen LogP contribution in [0, 0.1) is 11.3 Å². The molecule has 0 atom stereocenters. The summed E-state index contributed by atoms with van der Waals surface area (Å²) in [5.41, 5.74) is 6.41. The van der Waals surface area contributed by atoms with Crippen molar-refractivity contribution in [2.24, 2.45) is 0 Å². The summed E-state index contributed by atoms with van der Waals surface area (Å²) in [5.74, 6) is 0.165. The van der Waals surface area contributed by atoms with Crippen LogP contribution < -0.4 is 5.73 Å². The molecule has 0 aliphatic carbocycles. The van der Waals surface area contributed by atoms with Crippen molar-refractivity contribution in [1.29, 1.82) is 5.26 Å². The van der Waals surface area contributed by atoms with Gasteiger partial charge in [-0.3, -0.25) is 4.98 Å². The lowest BCUT2D eigenvalue weighted by Crippen LogP contribution is -1.99. The molecule has 2 rings (SSSR count). The predicted molar refractivity (Wildman–Crippen MR) is 48.3 cm³/mol. The minimum absolute atomic E-state index is 0.165. The third kappa shape index (κ3) is 1.27. The van der Waals surface area contributed by atoms with Gasteiger partial charge >= 0.3 is 0 Å². The third-order valence-corrected chi connectivity index (χ3v) is 1.68. The van der Waals surface area contributed by atoms with Gasteiger partial charge in [0.1, 0.15) is 18.1 Å². The first-order valence-electron chi connectivity index (χ1n) is 3.83. The number of nitrogens with two attached hydrogens (primary N) is 1. The van der Waals surface area contributed by atoms with Crippen molar-refractivity contribution < 1.29 is 0 Å². The maximum Gasteiger partial charge on any atom is 0.239 e. The molecule has 2 aromatic heterocycles. The highest BCUT2D eigenvalue weighted by Gasteiger charge is 2.05. The molecule has 0 saturated heterocycles. The number of rotatable bonds is 1. The maximum atomic E-state index is 8.82. The predicted octanol–water partition coefficient (Wildman–Crippen LogP) is 0.116. The van der Waals surface area contributed by atoms with Crippen molar-refractivity contribution in [2.45, 2.75) is 0 Å². The molecule has 0 amide bonds. The van der Waals surface area contributed by atoms with Gasteiger partial charge in [0.05, 0.1) is 11.8 Å². The fraction of sp³-hybridized carbons (Fsp3) is 0. The maximum absolute atomic E-state index is 8.82. The molecule has 6 heteroatoms. The highest BCUT2D eigenvalue weighted by atomic mass is 15.4. The summed E-state index contributed by atoms with van der Waals surface area (Å²) >= 11 is 0. The minimum Gasteiger partial charge on any atom is -0.366 e. The summed E-state index contributed by atoms with van der Waals surface area (Å²) in [7, 11) is 0. The summed E-state index contributed by atoms with van der Waals surface area (Å²) in [6.45, 7) is 0. The molecular formula is C8H6N6. The number of hydrogen-bond acceptors (Lipinski definition) is 5. The molecule has 0 saturated carbocycles. The van der Waals surface area contributed by atoms with Crippen LogP contribution in [0.4, 0.5) is 5.95 Å². The summed E-state index contributed by atoms with van der Waals surface area (Å²) in [6.07, 6.45) is 4.52. The molecule has 0 spiro atoms. The van der Waals surface area contributed by atoms with Crippen LogP contribution in [0.5, 0.6) is 0 Å². The lowest BCUT2D eigenvalue weighted by molar-refractivity contribution is 0.873. The Balaban J connectivity index is 2.57. The molecule has 2 heterocycles. The van der Waals surface area contributed by atoms with Crippen molar-refractivity contribution >= 4 is 5.95 Å². The molecule has 0 bridgehead atoms. The molecule has 0 unspecified atom stereocenters. The summed E-state index contributed by atoms with van der Waals surface area (Å²) in [5, 5.41) is 12.7. The Hall–Kier alpha value is -2.42. The van der Waals surface area contributed by atoms with E-state index in [1.165, 1.54) is 17.2 Å². The van der Waals surface area contributed by atoms with Crippen molar-refractivity contribution in [3.63, 3.8) is 0 Å². The molecule has 2 N–H and O–H groups in total. The molecule has 68 valence electrons. The number of nitriles is 1. The highest BCUT2D eigenvalue weighted by Crippen LogP contribution is 2.10. The molecule has 0 aliphatic rings. The van der Waals surface area contributed by atoms with E-state index < -0.39 is 0 Å². The average molecular weight is 186 g/mol. The number of anilines is 1. The second-order valence-electron chi connectivity index (χ2n) is 2.55. The first-order chi connectivity index (χ1) is 6.81. The number of nitrogen functional groups attached to an aromatic ring is 1. The normalized spacial score (nSPS) is 9.64. The third-order valence-electron chi connectivity index (χ3n) is 1.68. The smallest absolute Gasteiger partial charge is 0.239 e. The number of nitrogens with zero attached hydrogens (tertiary/aromatic N) is 5. The van der Waals surface area contributed by atoms with Crippen LogP contribution in [0.2, 0.25) is 0 Å². The van der Waals surface area contributed by atoms with E-state index in [4.69, 9.17) is 11.0 Å². The van der Waals surface area contributed by atoms with Crippen LogP contribution in [0.25, 0.3) is 5.69 Å². The molecule has 0 aliphatic heterocycles. The lowest BCUT2D eigenvalue weighted by atomic mass is 10.2. The van der Waals surface area contributed by atoms with E-state index in [9.17, 15) is 0 Å². The van der Waals surface area contributed by atoms with Gasteiger partial charge in [-0.25, -0.2) is 9.67 Å². The Kier molecular flexibility index (Phi) is 1.84. The van der Waals surface area contributed by atoms with Crippen molar-refractivity contribution in [3.8, 4) is 11.8 Å². The van der Waals surface area contributed by atoms with E-state index in [-0.39, 0.29) is 5.95 Å². The van der Waals surface area contributed by atoms with Gasteiger partial charge in [-0.2, -0.15) is 5.26 Å². The first-order valence-corrected chi connectivity index (χ1v) is 3.83. The quantitative estimate of drug-likeness (QED) is 0.682. The van der Waals surface area contributed by atoms with E-state index in [2.05, 4.69) is 15.1 Å². The molecule has 2 aromatic rings. The largest absolute Gasteiger partial charge is 0.366 e. The van der Waals surface area contributed by atoms with Gasteiger partial charge in [-0.15, -0.1) is 5.10 Å². The first kappa shape index (κ1) is 8.19. The summed E-state index contributed by atoms with van der Waals surface area (Å²) in [4.78, 5) is 7.66. The van der Waals surface area contributed by atoms with Gasteiger partial charge in [0, 0.05) is 6.20 Å². The average Bonchev–Trinajstić information content (AvgIpc) is 2.65. The van der Waals surface area contributed by atoms with Crippen LogP contribution in [0.3, 0.4) is 0 Å². The number of pyridine rings is 1. The molecular weight excluding hydrogens is 180 g/mol. The van der Waals surface area contributed by atoms with Gasteiger partial charge < -0.3 is 5.73 Å². The van der Waals surface area contributed by atoms with Crippen LogP contribution in [-0.2, 0) is 0 Å². The van der Waals surface area contributed by atoms with Crippen LogP contribution in [0.15, 0.2) is 24.8 Å². The lowest BCUT2D eigenvalue weighted by Gasteiger charge is -2.00. The van der Waals surface area contributed by atoms with Gasteiger partial charge in [0.2, 0.25) is 5.95 Å². The fourth-order valence-electron chi connectivity index (χ4n) is 1.06. The molecule has 0 fully saturated rings. The SMILES string of the molecule is N#Cc1ccncc1-n1cnc(N)n1. The monoisotopic (exact) mass is 186 g/mol. The minimum atomic E-state index is 0.165. The topological polar surface area (TPSA) is 93.4 Å². The zero-order valence-electron chi connectivity index (χ0n) is 7.12. The molecule has 0 radical (unpaired) electrons. The van der Waals surface area contributed by atoms with Gasteiger partial charge in [0.25, 0.3) is 0 Å². The fourth-order valence-corrected chi connectivity index (χ4v) is 1.06. The summed E-state index contributed by atoms with van der Waals surface area (Å²) < 4.78 is 1.42. The van der Waals surface area contributed by atoms with Crippen LogP contribution in [-0.4, -0.2) is 19.7 Å². The van der Waals surface area contributed by atoms with Crippen LogP contribution in [0.1, 0.15) is 5.56 Å². The second-order valence-corrected chi connectivity index (χ2v) is 2.55. The van der Waals surface area contributed by atoms with Crippen LogP contribution >= 0.6 is 0 Å². The van der Waals surface area contributed by atoms with Gasteiger partial charge in [-0.05, 0) is 6.07 Å². The Labute approximate surface area is 79.6 Å². The van der Waals surface area contributed by atoms with E-state index in [1.54, 1.807) is 12.3 Å². The second kappa shape index (κ2) is 3.14. The number of hydrogen-bond donors (Lipinski definition) is 1. The highest BCUT2D eigenvalue weighted by molar-refractivity contribution is 5.45. The van der Waals surface area contributed by atoms with Gasteiger partial charge in [-0.1, -0.05) is 0 Å². The molecule has 0 aromatic carbocycles. The standard InChI is InChI=1S/C8H6N6/c9-3-6-1-2-11-4-7(6)14-5-12-8(10)13-14/h1-2,4-5H,(H2,10,13). The Morgan fingerprint density at radius 2 is 2.36 bits per heavy atom. The zero-order chi connectivity index (χ0) is 9.97. The Morgan fingerprint density at radius 3 is 3.00 bits per heavy atom. The van der Waals surface area contributed by atoms with E-state index in [0.717, 1.165) is 0 Å². The van der Waals surface area contributed by atoms with Crippen molar-refractivity contribution in [1.82, 2.24) is 19.7 Å². The van der Waals surface area contributed by atoms with Crippen molar-refractivity contribution in [3.05, 3.63) is 30.4 Å². The van der Waals surface area contributed by atoms with E-state index >= 15 is 0 Å². The van der Waals surface area contributed by atoms with Crippen molar-refractivity contribution in [2.75, 3.05) is 5.73 Å². The number of aromatic nitrogens is 4. The Morgan fingerprint density at radius 1 is 1.50 bits per heavy atom. The van der Waals surface area contributed by atoms with E-state index in [0.29, 0.717) is 11.3 Å². The van der Waals surface area contributed by atoms with Gasteiger partial charge in [0.15, 0.2) is 0 Å². The molecule has 6 nitrogen and oxygen atoms in total. The Bertz CT molecular complexity index is 495.